The van der Waals surface area contributed by atoms with E-state index >= 15 is 0 Å². The van der Waals surface area contributed by atoms with E-state index in [0.717, 1.165) is 5.56 Å². The van der Waals surface area contributed by atoms with Crippen LogP contribution in [0.15, 0.2) is 47.5 Å². The molecule has 192 valence electrons. The third kappa shape index (κ3) is 4.84. The van der Waals surface area contributed by atoms with Crippen molar-refractivity contribution in [2.75, 3.05) is 13.7 Å². The van der Waals surface area contributed by atoms with Gasteiger partial charge in [-0.3, -0.25) is 9.59 Å². The number of ether oxygens (including phenoxy) is 3. The summed E-state index contributed by atoms with van der Waals surface area (Å²) >= 11 is 0. The summed E-state index contributed by atoms with van der Waals surface area (Å²) in [7, 11) is 1.48. The van der Waals surface area contributed by atoms with Crippen LogP contribution < -0.4 is 9.47 Å². The first-order chi connectivity index (χ1) is 16.9. The van der Waals surface area contributed by atoms with Gasteiger partial charge in [0.15, 0.2) is 29.7 Å². The van der Waals surface area contributed by atoms with Crippen LogP contribution in [0.4, 0.5) is 0 Å². The summed E-state index contributed by atoms with van der Waals surface area (Å²) in [6.45, 7) is 11.5. The smallest absolute Gasteiger partial charge is 0.341 e. The second kappa shape index (κ2) is 9.26. The number of carboxylic acids is 1. The number of methoxy groups -OCH3 is 1. The topological polar surface area (TPSA) is 99.1 Å². The van der Waals surface area contributed by atoms with Crippen LogP contribution in [-0.4, -0.2) is 36.4 Å². The molecule has 0 spiro atoms. The molecule has 2 aliphatic carbocycles. The van der Waals surface area contributed by atoms with E-state index in [1.807, 2.05) is 33.8 Å². The molecule has 36 heavy (non-hydrogen) atoms. The molecule has 4 rings (SSSR count). The van der Waals surface area contributed by atoms with E-state index in [1.54, 1.807) is 12.1 Å². The minimum atomic E-state index is -1.11. The first-order valence-corrected chi connectivity index (χ1v) is 12.2. The Hall–Kier alpha value is -3.35. The second-order valence-electron chi connectivity index (χ2n) is 11.5. The number of benzene rings is 1. The van der Waals surface area contributed by atoms with Crippen molar-refractivity contribution in [1.29, 1.82) is 0 Å². The monoisotopic (exact) mass is 494 g/mol. The van der Waals surface area contributed by atoms with Gasteiger partial charge >= 0.3 is 5.97 Å². The Balaban J connectivity index is 1.94. The van der Waals surface area contributed by atoms with Crippen LogP contribution in [0.3, 0.4) is 0 Å². The Labute approximate surface area is 211 Å². The molecule has 0 bridgehead atoms. The molecule has 0 radical (unpaired) electrons. The highest BCUT2D eigenvalue weighted by Gasteiger charge is 2.48. The highest BCUT2D eigenvalue weighted by molar-refractivity contribution is 6.06. The summed E-state index contributed by atoms with van der Waals surface area (Å²) in [5, 5.41) is 9.13. The molecule has 7 heteroatoms. The van der Waals surface area contributed by atoms with E-state index in [1.165, 1.54) is 7.11 Å². The fourth-order valence-electron chi connectivity index (χ4n) is 5.61. The molecule has 1 heterocycles. The SMILES string of the molecule is C=CCc1cc(C2C3=C(CC(C)(C)CC3=O)OC3=C2C(=O)CC(C)(C)C3)cc(OC)c1OCC(=O)O. The van der Waals surface area contributed by atoms with Crippen LogP contribution in [0.5, 0.6) is 11.5 Å². The van der Waals surface area contributed by atoms with E-state index in [-0.39, 0.29) is 22.4 Å². The van der Waals surface area contributed by atoms with Gasteiger partial charge in [-0.2, -0.15) is 0 Å². The van der Waals surface area contributed by atoms with Gasteiger partial charge in [-0.15, -0.1) is 6.58 Å². The summed E-state index contributed by atoms with van der Waals surface area (Å²) in [5.74, 6) is 0.200. The number of rotatable bonds is 7. The van der Waals surface area contributed by atoms with Crippen molar-refractivity contribution >= 4 is 17.5 Å². The normalized spacial score (nSPS) is 20.9. The fourth-order valence-corrected chi connectivity index (χ4v) is 5.61. The zero-order valence-electron chi connectivity index (χ0n) is 21.7. The van der Waals surface area contributed by atoms with E-state index in [9.17, 15) is 14.4 Å². The summed E-state index contributed by atoms with van der Waals surface area (Å²) in [6, 6.07) is 3.61. The van der Waals surface area contributed by atoms with E-state index in [2.05, 4.69) is 6.58 Å². The Morgan fingerprint density at radius 2 is 1.61 bits per heavy atom. The van der Waals surface area contributed by atoms with Crippen molar-refractivity contribution in [3.8, 4) is 11.5 Å². The molecule has 0 aromatic heterocycles. The molecule has 1 aromatic rings. The fraction of sp³-hybridized carbons (Fsp3) is 0.483. The zero-order chi connectivity index (χ0) is 26.4. The van der Waals surface area contributed by atoms with Crippen molar-refractivity contribution in [3.63, 3.8) is 0 Å². The molecule has 0 saturated carbocycles. The molecule has 3 aliphatic rings. The van der Waals surface area contributed by atoms with Gasteiger partial charge in [-0.25, -0.2) is 4.79 Å². The molecular formula is C29H34O7. The summed E-state index contributed by atoms with van der Waals surface area (Å²) < 4.78 is 17.5. The van der Waals surface area contributed by atoms with E-state index in [0.29, 0.717) is 71.8 Å². The maximum Gasteiger partial charge on any atom is 0.341 e. The van der Waals surface area contributed by atoms with Gasteiger partial charge in [-0.1, -0.05) is 39.8 Å². The van der Waals surface area contributed by atoms with Crippen molar-refractivity contribution in [1.82, 2.24) is 0 Å². The van der Waals surface area contributed by atoms with Crippen LogP contribution in [0.2, 0.25) is 0 Å². The van der Waals surface area contributed by atoms with Crippen molar-refractivity contribution < 1.29 is 33.7 Å². The average molecular weight is 495 g/mol. The van der Waals surface area contributed by atoms with Gasteiger partial charge < -0.3 is 19.3 Å². The lowest BCUT2D eigenvalue weighted by Crippen LogP contribution is -2.37. The molecule has 7 nitrogen and oxygen atoms in total. The molecule has 0 fully saturated rings. The van der Waals surface area contributed by atoms with E-state index in [4.69, 9.17) is 19.3 Å². The Bertz CT molecular complexity index is 1160. The molecule has 0 atom stereocenters. The van der Waals surface area contributed by atoms with E-state index < -0.39 is 18.5 Å². The second-order valence-corrected chi connectivity index (χ2v) is 11.5. The molecule has 1 aliphatic heterocycles. The van der Waals surface area contributed by atoms with Crippen molar-refractivity contribution in [3.05, 3.63) is 58.6 Å². The number of ketones is 2. The number of carboxylic acid groups (broad SMARTS) is 1. The largest absolute Gasteiger partial charge is 0.493 e. The number of hydrogen-bond donors (Lipinski definition) is 1. The van der Waals surface area contributed by atoms with Gasteiger partial charge in [0.05, 0.1) is 7.11 Å². The van der Waals surface area contributed by atoms with Gasteiger partial charge in [0.2, 0.25) is 0 Å². The Morgan fingerprint density at radius 1 is 1.06 bits per heavy atom. The first kappa shape index (κ1) is 25.7. The highest BCUT2D eigenvalue weighted by atomic mass is 16.5. The number of carbonyl (C=O) groups is 3. The zero-order valence-corrected chi connectivity index (χ0v) is 21.7. The van der Waals surface area contributed by atoms with Gasteiger partial charge in [0, 0.05) is 48.3 Å². The molecular weight excluding hydrogens is 460 g/mol. The molecule has 1 N–H and O–H groups in total. The Morgan fingerprint density at radius 3 is 2.08 bits per heavy atom. The van der Waals surface area contributed by atoms with Crippen LogP contribution in [-0.2, 0) is 25.5 Å². The molecule has 0 amide bonds. The Kier molecular flexibility index (Phi) is 6.62. The minimum Gasteiger partial charge on any atom is -0.493 e. The quantitative estimate of drug-likeness (QED) is 0.514. The van der Waals surface area contributed by atoms with Crippen LogP contribution in [0, 0.1) is 10.8 Å². The maximum absolute atomic E-state index is 13.5. The van der Waals surface area contributed by atoms with Crippen molar-refractivity contribution in [2.45, 2.75) is 65.7 Å². The number of aliphatic carboxylic acids is 1. The van der Waals surface area contributed by atoms with Gasteiger partial charge in [0.25, 0.3) is 0 Å². The first-order valence-electron chi connectivity index (χ1n) is 12.2. The lowest BCUT2D eigenvalue weighted by atomic mass is 9.65. The number of Topliss-reactive ketones (excluding diaryl/α,β-unsaturated/α-hetero) is 2. The lowest BCUT2D eigenvalue weighted by Gasteiger charge is -2.42. The predicted molar refractivity (Wildman–Crippen MR) is 134 cm³/mol. The lowest BCUT2D eigenvalue weighted by molar-refractivity contribution is -0.139. The maximum atomic E-state index is 13.5. The van der Waals surface area contributed by atoms with Crippen LogP contribution >= 0.6 is 0 Å². The van der Waals surface area contributed by atoms with Crippen molar-refractivity contribution in [2.24, 2.45) is 10.8 Å². The van der Waals surface area contributed by atoms with Gasteiger partial charge in [0.1, 0.15) is 11.5 Å². The summed E-state index contributed by atoms with van der Waals surface area (Å²) in [6.07, 6.45) is 4.02. The number of carbonyl (C=O) groups excluding carboxylic acids is 2. The third-order valence-corrected chi connectivity index (χ3v) is 6.99. The predicted octanol–water partition coefficient (Wildman–Crippen LogP) is 5.29. The summed E-state index contributed by atoms with van der Waals surface area (Å²) in [4.78, 5) is 38.2. The average Bonchev–Trinajstić information content (AvgIpc) is 2.74. The minimum absolute atomic E-state index is 0.0223. The van der Waals surface area contributed by atoms with Crippen LogP contribution in [0.25, 0.3) is 0 Å². The standard InChI is InChI=1S/C29H34O7/c1-7-8-16-9-17(10-20(34-6)27(16)35-15-23(32)33)24-25-18(30)11-28(2,3)13-21(25)36-22-14-29(4,5)12-19(31)26(22)24/h7,9-10,24H,1,8,11-15H2,2-6H3,(H,32,33). The third-order valence-electron chi connectivity index (χ3n) is 6.99. The highest BCUT2D eigenvalue weighted by Crippen LogP contribution is 2.54. The molecule has 0 saturated heterocycles. The molecule has 0 unspecified atom stereocenters. The van der Waals surface area contributed by atoms with Crippen LogP contribution in [0.1, 0.15) is 70.4 Å². The summed E-state index contributed by atoms with van der Waals surface area (Å²) in [5.41, 5.74) is 1.97. The number of allylic oxidation sites excluding steroid dienone is 5. The molecule has 1 aromatic carbocycles. The number of hydrogen-bond acceptors (Lipinski definition) is 6. The van der Waals surface area contributed by atoms with Gasteiger partial charge in [-0.05, 0) is 28.9 Å².